The maximum absolute atomic E-state index is 13.1. The summed E-state index contributed by atoms with van der Waals surface area (Å²) >= 11 is 0. The molecule has 2 fully saturated rings. The molecule has 31 heavy (non-hydrogen) atoms. The highest BCUT2D eigenvalue weighted by atomic mass is 16.2. The molecule has 9 nitrogen and oxygen atoms in total. The fourth-order valence-electron chi connectivity index (χ4n) is 4.64. The Labute approximate surface area is 179 Å². The fraction of sp³-hybridized carbons (Fsp3) is 0.500. The SMILES string of the molecule is CCN(Cc1nc2ccccc2c(=O)[nH]1)C(=O)CN1C(=O)N[C@@]2(CCCC[C@@H]2C)C1=O. The van der Waals surface area contributed by atoms with Crippen LogP contribution in [-0.2, 0) is 16.1 Å². The minimum absolute atomic E-state index is 0.0342. The standard InChI is InChI=1S/C22H27N5O4/c1-3-26(12-17-23-16-10-5-4-9-15(16)19(29)24-17)18(28)13-27-20(30)22(25-21(27)31)11-7-6-8-14(22)2/h4-5,9-10,14H,3,6-8,11-13H2,1-2H3,(H,25,31)(H,23,24,29)/t14-,22+/m0/s1. The number of amides is 4. The Hall–Kier alpha value is -3.23. The Kier molecular flexibility index (Phi) is 5.51. The van der Waals surface area contributed by atoms with Crippen LogP contribution in [0.2, 0.25) is 0 Å². The summed E-state index contributed by atoms with van der Waals surface area (Å²) in [5, 5.41) is 3.34. The molecule has 0 radical (unpaired) electrons. The Bertz CT molecular complexity index is 1100. The molecule has 1 spiro atoms. The average Bonchev–Trinajstić information content (AvgIpc) is 2.99. The Morgan fingerprint density at radius 2 is 2.03 bits per heavy atom. The van der Waals surface area contributed by atoms with Crippen LogP contribution in [0.25, 0.3) is 10.9 Å². The number of urea groups is 1. The van der Waals surface area contributed by atoms with Crippen molar-refractivity contribution in [1.29, 1.82) is 0 Å². The largest absolute Gasteiger partial charge is 0.334 e. The van der Waals surface area contributed by atoms with E-state index >= 15 is 0 Å². The van der Waals surface area contributed by atoms with Crippen LogP contribution in [0.5, 0.6) is 0 Å². The summed E-state index contributed by atoms with van der Waals surface area (Å²) in [6.45, 7) is 3.88. The van der Waals surface area contributed by atoms with Crippen molar-refractivity contribution in [2.75, 3.05) is 13.1 Å². The summed E-state index contributed by atoms with van der Waals surface area (Å²) < 4.78 is 0. The molecule has 2 aromatic rings. The van der Waals surface area contributed by atoms with Crippen molar-refractivity contribution in [3.63, 3.8) is 0 Å². The van der Waals surface area contributed by atoms with Gasteiger partial charge in [-0.3, -0.25) is 19.3 Å². The van der Waals surface area contributed by atoms with Crippen molar-refractivity contribution in [3.05, 3.63) is 40.4 Å². The van der Waals surface area contributed by atoms with E-state index < -0.39 is 11.6 Å². The van der Waals surface area contributed by atoms with Crippen LogP contribution in [0.3, 0.4) is 0 Å². The first-order chi connectivity index (χ1) is 14.9. The zero-order chi connectivity index (χ0) is 22.2. The van der Waals surface area contributed by atoms with Gasteiger partial charge in [0.2, 0.25) is 5.91 Å². The molecule has 9 heteroatoms. The van der Waals surface area contributed by atoms with Crippen LogP contribution >= 0.6 is 0 Å². The van der Waals surface area contributed by atoms with Crippen LogP contribution < -0.4 is 10.9 Å². The lowest BCUT2D eigenvalue weighted by molar-refractivity contribution is -0.140. The van der Waals surface area contributed by atoms with E-state index in [1.165, 1.54) is 4.90 Å². The summed E-state index contributed by atoms with van der Waals surface area (Å²) in [6, 6.07) is 6.47. The first-order valence-electron chi connectivity index (χ1n) is 10.8. The van der Waals surface area contributed by atoms with E-state index in [-0.39, 0.29) is 36.4 Å². The molecule has 1 saturated carbocycles. The summed E-state index contributed by atoms with van der Waals surface area (Å²) in [5.74, 6) is -0.297. The second-order valence-electron chi connectivity index (χ2n) is 8.38. The van der Waals surface area contributed by atoms with E-state index in [1.807, 2.05) is 6.92 Å². The summed E-state index contributed by atoms with van der Waals surface area (Å²) in [7, 11) is 0. The number of likely N-dealkylation sites (N-methyl/N-ethyl adjacent to an activating group) is 1. The zero-order valence-corrected chi connectivity index (χ0v) is 17.8. The molecule has 4 amide bonds. The number of imide groups is 1. The molecule has 1 aliphatic carbocycles. The third kappa shape index (κ3) is 3.68. The number of rotatable bonds is 5. The minimum Gasteiger partial charge on any atom is -0.334 e. The molecule has 2 N–H and O–H groups in total. The second-order valence-corrected chi connectivity index (χ2v) is 8.38. The maximum atomic E-state index is 13.1. The normalized spacial score (nSPS) is 23.4. The molecule has 0 unspecified atom stereocenters. The Balaban J connectivity index is 1.50. The third-order valence-electron chi connectivity index (χ3n) is 6.53. The number of aromatic amines is 1. The number of aromatic nitrogens is 2. The topological polar surface area (TPSA) is 115 Å². The lowest BCUT2D eigenvalue weighted by Crippen LogP contribution is -2.54. The number of nitrogens with one attached hydrogen (secondary N) is 2. The molecule has 1 aliphatic heterocycles. The van der Waals surface area contributed by atoms with E-state index in [0.717, 1.165) is 24.2 Å². The van der Waals surface area contributed by atoms with Gasteiger partial charge >= 0.3 is 6.03 Å². The lowest BCUT2D eigenvalue weighted by atomic mass is 9.73. The van der Waals surface area contributed by atoms with E-state index in [0.29, 0.717) is 29.7 Å². The van der Waals surface area contributed by atoms with Crippen LogP contribution in [0.4, 0.5) is 4.79 Å². The average molecular weight is 425 g/mol. The Morgan fingerprint density at radius 3 is 2.77 bits per heavy atom. The van der Waals surface area contributed by atoms with Crippen LogP contribution in [0, 0.1) is 5.92 Å². The molecule has 2 aliphatic rings. The van der Waals surface area contributed by atoms with Crippen LogP contribution in [0.15, 0.2) is 29.1 Å². The number of benzene rings is 1. The molecule has 2 atom stereocenters. The predicted molar refractivity (Wildman–Crippen MR) is 114 cm³/mol. The number of carbonyl (C=O) groups excluding carboxylic acids is 3. The number of nitrogens with zero attached hydrogens (tertiary/aromatic N) is 3. The van der Waals surface area contributed by atoms with Gasteiger partial charge in [0.15, 0.2) is 0 Å². The number of carbonyl (C=O) groups is 3. The van der Waals surface area contributed by atoms with E-state index in [4.69, 9.17) is 0 Å². The molecule has 0 bridgehead atoms. The number of fused-ring (bicyclic) bond motifs is 1. The smallest absolute Gasteiger partial charge is 0.325 e. The van der Waals surface area contributed by atoms with Crippen molar-refractivity contribution < 1.29 is 14.4 Å². The maximum Gasteiger partial charge on any atom is 0.325 e. The quantitative estimate of drug-likeness (QED) is 0.709. The van der Waals surface area contributed by atoms with Gasteiger partial charge in [-0.25, -0.2) is 9.78 Å². The van der Waals surface area contributed by atoms with Gasteiger partial charge in [0.1, 0.15) is 17.9 Å². The first-order valence-corrected chi connectivity index (χ1v) is 10.8. The molecule has 1 aromatic carbocycles. The van der Waals surface area contributed by atoms with Crippen LogP contribution in [0.1, 0.15) is 45.4 Å². The first kappa shape index (κ1) is 21.0. The van der Waals surface area contributed by atoms with Gasteiger partial charge < -0.3 is 15.2 Å². The van der Waals surface area contributed by atoms with Gasteiger partial charge in [-0.05, 0) is 37.8 Å². The molecule has 2 heterocycles. The van der Waals surface area contributed by atoms with Crippen molar-refractivity contribution in [2.24, 2.45) is 5.92 Å². The number of H-pyrrole nitrogens is 1. The molecular weight excluding hydrogens is 398 g/mol. The summed E-state index contributed by atoms with van der Waals surface area (Å²) in [4.78, 5) is 60.6. The van der Waals surface area contributed by atoms with Gasteiger partial charge in [0, 0.05) is 6.54 Å². The van der Waals surface area contributed by atoms with E-state index in [9.17, 15) is 19.2 Å². The van der Waals surface area contributed by atoms with Crippen molar-refractivity contribution in [2.45, 2.75) is 51.6 Å². The summed E-state index contributed by atoms with van der Waals surface area (Å²) in [6.07, 6.45) is 3.38. The predicted octanol–water partition coefficient (Wildman–Crippen LogP) is 1.77. The molecule has 4 rings (SSSR count). The van der Waals surface area contributed by atoms with Crippen molar-refractivity contribution in [1.82, 2.24) is 25.1 Å². The monoisotopic (exact) mass is 425 g/mol. The molecule has 164 valence electrons. The van der Waals surface area contributed by atoms with Gasteiger partial charge in [-0.1, -0.05) is 31.9 Å². The third-order valence-corrected chi connectivity index (χ3v) is 6.53. The summed E-state index contributed by atoms with van der Waals surface area (Å²) in [5.41, 5.74) is -0.615. The van der Waals surface area contributed by atoms with Crippen LogP contribution in [-0.4, -0.2) is 56.2 Å². The lowest BCUT2D eigenvalue weighted by Gasteiger charge is -2.36. The highest BCUT2D eigenvalue weighted by Gasteiger charge is 2.55. The number of para-hydroxylation sites is 1. The minimum atomic E-state index is -0.891. The number of hydrogen-bond acceptors (Lipinski definition) is 5. The van der Waals surface area contributed by atoms with E-state index in [1.54, 1.807) is 31.2 Å². The van der Waals surface area contributed by atoms with Gasteiger partial charge in [0.05, 0.1) is 17.4 Å². The van der Waals surface area contributed by atoms with Crippen molar-refractivity contribution >= 4 is 28.7 Å². The van der Waals surface area contributed by atoms with Gasteiger partial charge in [0.25, 0.3) is 11.5 Å². The van der Waals surface area contributed by atoms with Gasteiger partial charge in [-0.15, -0.1) is 0 Å². The molecular formula is C22H27N5O4. The fourth-order valence-corrected chi connectivity index (χ4v) is 4.64. The van der Waals surface area contributed by atoms with Crippen molar-refractivity contribution in [3.8, 4) is 0 Å². The number of hydrogen-bond donors (Lipinski definition) is 2. The highest BCUT2D eigenvalue weighted by molar-refractivity contribution is 6.09. The van der Waals surface area contributed by atoms with E-state index in [2.05, 4.69) is 15.3 Å². The second kappa shape index (κ2) is 8.13. The zero-order valence-electron chi connectivity index (χ0n) is 17.8. The Morgan fingerprint density at radius 1 is 1.26 bits per heavy atom. The molecule has 1 saturated heterocycles. The highest BCUT2D eigenvalue weighted by Crippen LogP contribution is 2.38. The molecule has 1 aromatic heterocycles. The van der Waals surface area contributed by atoms with Gasteiger partial charge in [-0.2, -0.15) is 0 Å².